The highest BCUT2D eigenvalue weighted by molar-refractivity contribution is 7.21. The minimum atomic E-state index is 0.185. The zero-order chi connectivity index (χ0) is 20.5. The van der Waals surface area contributed by atoms with Gasteiger partial charge in [0.2, 0.25) is 0 Å². The summed E-state index contributed by atoms with van der Waals surface area (Å²) in [6.07, 6.45) is 18.1. The molecule has 0 aliphatic heterocycles. The van der Waals surface area contributed by atoms with Gasteiger partial charge in [-0.3, -0.25) is 4.79 Å². The summed E-state index contributed by atoms with van der Waals surface area (Å²) >= 11 is 1.54. The molecule has 3 aliphatic rings. The van der Waals surface area contributed by atoms with Crippen LogP contribution in [0.4, 0.5) is 5.69 Å². The van der Waals surface area contributed by atoms with Crippen LogP contribution in [0.15, 0.2) is 6.07 Å². The van der Waals surface area contributed by atoms with E-state index >= 15 is 0 Å². The number of nitrogen functional groups attached to an aromatic ring is 1. The number of hydrogen-bond donors (Lipinski definition) is 1. The van der Waals surface area contributed by atoms with E-state index in [2.05, 4.69) is 11.0 Å². The van der Waals surface area contributed by atoms with Crippen molar-refractivity contribution in [2.24, 2.45) is 0 Å². The molecule has 3 aliphatic carbocycles. The lowest BCUT2D eigenvalue weighted by Crippen LogP contribution is -2.48. The molecule has 2 aromatic rings. The van der Waals surface area contributed by atoms with Crippen molar-refractivity contribution in [3.63, 3.8) is 0 Å². The molecule has 0 spiro atoms. The number of pyridine rings is 1. The Hall–Kier alpha value is -1.62. The molecular formula is C25H35N3OS. The summed E-state index contributed by atoms with van der Waals surface area (Å²) in [7, 11) is 0. The van der Waals surface area contributed by atoms with E-state index in [1.54, 1.807) is 11.3 Å². The SMILES string of the molecule is Nc1c(C(=O)N(C2CCCCC2)C2CCCCC2)sc2nc3c(cc12)CCCCC3. The van der Waals surface area contributed by atoms with E-state index in [1.807, 2.05) is 0 Å². The molecule has 30 heavy (non-hydrogen) atoms. The van der Waals surface area contributed by atoms with Crippen LogP contribution in [0.3, 0.4) is 0 Å². The van der Waals surface area contributed by atoms with Crippen molar-refractivity contribution in [3.8, 4) is 0 Å². The molecule has 0 bridgehead atoms. The highest BCUT2D eigenvalue weighted by atomic mass is 32.1. The molecule has 4 nitrogen and oxygen atoms in total. The third-order valence-electron chi connectivity index (χ3n) is 7.61. The van der Waals surface area contributed by atoms with Crippen molar-refractivity contribution in [1.29, 1.82) is 0 Å². The van der Waals surface area contributed by atoms with E-state index in [4.69, 9.17) is 10.7 Å². The first kappa shape index (κ1) is 20.3. The molecule has 162 valence electrons. The van der Waals surface area contributed by atoms with Gasteiger partial charge in [-0.1, -0.05) is 44.9 Å². The predicted octanol–water partition coefficient (Wildman–Crippen LogP) is 6.26. The highest BCUT2D eigenvalue weighted by Crippen LogP contribution is 2.38. The van der Waals surface area contributed by atoms with Crippen LogP contribution in [0.5, 0.6) is 0 Å². The summed E-state index contributed by atoms with van der Waals surface area (Å²) in [4.78, 5) is 22.9. The Morgan fingerprint density at radius 1 is 0.900 bits per heavy atom. The number of thiophene rings is 1. The second kappa shape index (κ2) is 8.86. The minimum Gasteiger partial charge on any atom is -0.397 e. The molecule has 0 unspecified atom stereocenters. The van der Waals surface area contributed by atoms with Crippen LogP contribution >= 0.6 is 11.3 Å². The molecule has 5 rings (SSSR count). The number of anilines is 1. The van der Waals surface area contributed by atoms with Gasteiger partial charge in [0.25, 0.3) is 5.91 Å². The van der Waals surface area contributed by atoms with Crippen LogP contribution in [0, 0.1) is 0 Å². The molecule has 0 saturated heterocycles. The maximum Gasteiger partial charge on any atom is 0.266 e. The van der Waals surface area contributed by atoms with Crippen molar-refractivity contribution in [2.75, 3.05) is 5.73 Å². The molecule has 2 N–H and O–H groups in total. The summed E-state index contributed by atoms with van der Waals surface area (Å²) in [6, 6.07) is 3.03. The maximum absolute atomic E-state index is 13.9. The van der Waals surface area contributed by atoms with Gasteiger partial charge in [0.05, 0.1) is 5.69 Å². The third-order valence-corrected chi connectivity index (χ3v) is 8.72. The van der Waals surface area contributed by atoms with E-state index < -0.39 is 0 Å². The average molecular weight is 426 g/mol. The number of nitrogens with zero attached hydrogens (tertiary/aromatic N) is 2. The highest BCUT2D eigenvalue weighted by Gasteiger charge is 2.35. The minimum absolute atomic E-state index is 0.185. The van der Waals surface area contributed by atoms with E-state index in [1.165, 1.54) is 69.0 Å². The lowest BCUT2D eigenvalue weighted by molar-refractivity contribution is 0.0454. The standard InChI is InChI=1S/C25H35N3OS/c26-22-20-16-17-10-4-1-9-15-21(17)27-24(20)30-23(22)25(29)28(18-11-5-2-6-12-18)19-13-7-3-8-14-19/h16,18-19H,1-15,26H2. The van der Waals surface area contributed by atoms with Crippen LogP contribution < -0.4 is 5.73 Å². The Bertz CT molecular complexity index is 891. The van der Waals surface area contributed by atoms with Gasteiger partial charge < -0.3 is 10.6 Å². The number of amides is 1. The van der Waals surface area contributed by atoms with Crippen LogP contribution in [0.25, 0.3) is 10.2 Å². The van der Waals surface area contributed by atoms with Crippen molar-refractivity contribution < 1.29 is 4.79 Å². The molecule has 0 atom stereocenters. The fourth-order valence-electron chi connectivity index (χ4n) is 5.96. The first-order valence-corrected chi connectivity index (χ1v) is 13.1. The van der Waals surface area contributed by atoms with Gasteiger partial charge >= 0.3 is 0 Å². The van der Waals surface area contributed by atoms with E-state index in [0.717, 1.165) is 53.6 Å². The van der Waals surface area contributed by atoms with Gasteiger partial charge in [-0.15, -0.1) is 11.3 Å². The van der Waals surface area contributed by atoms with E-state index in [9.17, 15) is 4.79 Å². The zero-order valence-corrected chi connectivity index (χ0v) is 18.9. The molecule has 0 aromatic carbocycles. The topological polar surface area (TPSA) is 59.2 Å². The Balaban J connectivity index is 1.51. The second-order valence-corrected chi connectivity index (χ2v) is 10.6. The van der Waals surface area contributed by atoms with Gasteiger partial charge in [-0.2, -0.15) is 0 Å². The molecule has 2 fully saturated rings. The lowest BCUT2D eigenvalue weighted by atomic mass is 9.88. The first-order chi connectivity index (χ1) is 14.7. The van der Waals surface area contributed by atoms with Gasteiger partial charge in [0.15, 0.2) is 0 Å². The van der Waals surface area contributed by atoms with Crippen LogP contribution in [0.2, 0.25) is 0 Å². The Kier molecular flexibility index (Phi) is 5.99. The van der Waals surface area contributed by atoms with Gasteiger partial charge in [0, 0.05) is 23.2 Å². The Morgan fingerprint density at radius 2 is 1.50 bits per heavy atom. The van der Waals surface area contributed by atoms with Crippen molar-refractivity contribution in [3.05, 3.63) is 22.2 Å². The number of hydrogen-bond acceptors (Lipinski definition) is 4. The number of nitrogens with two attached hydrogens (primary N) is 1. The van der Waals surface area contributed by atoms with Crippen LogP contribution in [0.1, 0.15) is 104 Å². The second-order valence-electron chi connectivity index (χ2n) is 9.65. The number of carbonyl (C=O) groups is 1. The molecular weight excluding hydrogens is 390 g/mol. The maximum atomic E-state index is 13.9. The summed E-state index contributed by atoms with van der Waals surface area (Å²) in [5.74, 6) is 0.185. The number of fused-ring (bicyclic) bond motifs is 2. The van der Waals surface area contributed by atoms with Gasteiger partial charge in [-0.25, -0.2) is 4.98 Å². The van der Waals surface area contributed by atoms with Crippen LogP contribution in [-0.2, 0) is 12.8 Å². The number of carbonyl (C=O) groups excluding carboxylic acids is 1. The van der Waals surface area contributed by atoms with Crippen molar-refractivity contribution >= 4 is 33.1 Å². The molecule has 5 heteroatoms. The fraction of sp³-hybridized carbons (Fsp3) is 0.680. The predicted molar refractivity (Wildman–Crippen MR) is 125 cm³/mol. The van der Waals surface area contributed by atoms with E-state index in [0.29, 0.717) is 17.8 Å². The van der Waals surface area contributed by atoms with Gasteiger partial charge in [0.1, 0.15) is 9.71 Å². The molecule has 2 saturated carbocycles. The molecule has 1 amide bonds. The lowest BCUT2D eigenvalue weighted by Gasteiger charge is -2.41. The Labute approximate surface area is 184 Å². The fourth-order valence-corrected chi connectivity index (χ4v) is 7.00. The summed E-state index contributed by atoms with van der Waals surface area (Å²) in [6.45, 7) is 0. The molecule has 2 aromatic heterocycles. The van der Waals surface area contributed by atoms with Gasteiger partial charge in [-0.05, 0) is 63.0 Å². The summed E-state index contributed by atoms with van der Waals surface area (Å²) in [5.41, 5.74) is 9.89. The number of aromatic nitrogens is 1. The number of rotatable bonds is 3. The number of aryl methyl sites for hydroxylation is 2. The smallest absolute Gasteiger partial charge is 0.266 e. The largest absolute Gasteiger partial charge is 0.397 e. The Morgan fingerprint density at radius 3 is 2.17 bits per heavy atom. The third kappa shape index (κ3) is 3.86. The zero-order valence-electron chi connectivity index (χ0n) is 18.1. The van der Waals surface area contributed by atoms with Crippen molar-refractivity contribution in [2.45, 2.75) is 108 Å². The quantitative estimate of drug-likeness (QED) is 0.591. The molecule has 2 heterocycles. The average Bonchev–Trinajstić information content (AvgIpc) is 2.95. The first-order valence-electron chi connectivity index (χ1n) is 12.3. The summed E-state index contributed by atoms with van der Waals surface area (Å²) in [5, 5.41) is 1.01. The normalized spacial score (nSPS) is 21.3. The molecule has 0 radical (unpaired) electrons. The van der Waals surface area contributed by atoms with E-state index in [-0.39, 0.29) is 5.91 Å². The monoisotopic (exact) mass is 425 g/mol. The van der Waals surface area contributed by atoms with Crippen molar-refractivity contribution in [1.82, 2.24) is 9.88 Å². The summed E-state index contributed by atoms with van der Waals surface area (Å²) < 4.78 is 0. The van der Waals surface area contributed by atoms with Crippen LogP contribution in [-0.4, -0.2) is 27.9 Å².